The van der Waals surface area contributed by atoms with Crippen LogP contribution in [0.1, 0.15) is 6.42 Å². The number of amides is 1. The van der Waals surface area contributed by atoms with E-state index in [-0.39, 0.29) is 23.5 Å². The number of anilines is 1. The Kier molecular flexibility index (Phi) is 6.90. The van der Waals surface area contributed by atoms with E-state index in [2.05, 4.69) is 10.0 Å². The second-order valence-electron chi connectivity index (χ2n) is 5.51. The number of hydrogen-bond acceptors (Lipinski definition) is 7. The number of non-ortho nitro benzene ring substituents is 1. The summed E-state index contributed by atoms with van der Waals surface area (Å²) < 4.78 is 36.9. The van der Waals surface area contributed by atoms with Gasteiger partial charge in [-0.15, -0.1) is 0 Å². The lowest BCUT2D eigenvalue weighted by Gasteiger charge is -2.12. The molecule has 0 heterocycles. The van der Waals surface area contributed by atoms with E-state index in [1.165, 1.54) is 14.2 Å². The molecule has 11 heteroatoms. The number of nitro groups is 1. The Labute approximate surface area is 161 Å². The zero-order valence-corrected chi connectivity index (χ0v) is 16.0. The SMILES string of the molecule is COc1ccc(OC)c(NC(=O)CCNS(=O)(=O)c2ccc([N+](=O)[O-])cc2)c1. The van der Waals surface area contributed by atoms with Crippen LogP contribution in [0.15, 0.2) is 47.4 Å². The topological polar surface area (TPSA) is 137 Å². The first-order valence-electron chi connectivity index (χ1n) is 8.03. The smallest absolute Gasteiger partial charge is 0.269 e. The van der Waals surface area contributed by atoms with Crippen LogP contribution in [0.25, 0.3) is 0 Å². The fourth-order valence-corrected chi connectivity index (χ4v) is 3.29. The average molecular weight is 409 g/mol. The molecular weight excluding hydrogens is 390 g/mol. The van der Waals surface area contributed by atoms with E-state index in [1.54, 1.807) is 18.2 Å². The Bertz CT molecular complexity index is 959. The molecule has 2 aromatic rings. The standard InChI is InChI=1S/C17H19N3O7S/c1-26-13-5-8-16(27-2)15(11-13)19-17(21)9-10-18-28(24,25)14-6-3-12(4-7-14)20(22)23/h3-8,11,18H,9-10H2,1-2H3,(H,19,21). The van der Waals surface area contributed by atoms with Gasteiger partial charge in [0.05, 0.1) is 29.7 Å². The van der Waals surface area contributed by atoms with Crippen molar-refractivity contribution in [2.24, 2.45) is 0 Å². The predicted molar refractivity (Wildman–Crippen MR) is 101 cm³/mol. The van der Waals surface area contributed by atoms with Crippen molar-refractivity contribution in [1.29, 1.82) is 0 Å². The number of carbonyl (C=O) groups excluding carboxylic acids is 1. The van der Waals surface area contributed by atoms with Crippen LogP contribution in [0.2, 0.25) is 0 Å². The lowest BCUT2D eigenvalue weighted by Crippen LogP contribution is -2.27. The Hall–Kier alpha value is -3.18. The third-order valence-corrected chi connectivity index (χ3v) is 5.16. The molecule has 0 aliphatic carbocycles. The van der Waals surface area contributed by atoms with Gasteiger partial charge in [0.2, 0.25) is 15.9 Å². The van der Waals surface area contributed by atoms with Crippen LogP contribution in [0, 0.1) is 10.1 Å². The highest BCUT2D eigenvalue weighted by molar-refractivity contribution is 7.89. The second-order valence-corrected chi connectivity index (χ2v) is 7.28. The molecule has 150 valence electrons. The normalized spacial score (nSPS) is 10.9. The third kappa shape index (κ3) is 5.41. The summed E-state index contributed by atoms with van der Waals surface area (Å²) >= 11 is 0. The van der Waals surface area contributed by atoms with Gasteiger partial charge >= 0.3 is 0 Å². The third-order valence-electron chi connectivity index (χ3n) is 3.68. The summed E-state index contributed by atoms with van der Waals surface area (Å²) in [5.41, 5.74) is 0.177. The van der Waals surface area contributed by atoms with Gasteiger partial charge in [-0.3, -0.25) is 14.9 Å². The molecule has 2 rings (SSSR count). The molecule has 0 atom stereocenters. The van der Waals surface area contributed by atoms with Gasteiger partial charge in [0.1, 0.15) is 11.5 Å². The fourth-order valence-electron chi connectivity index (χ4n) is 2.25. The number of carbonyl (C=O) groups is 1. The summed E-state index contributed by atoms with van der Waals surface area (Å²) in [6, 6.07) is 9.33. The summed E-state index contributed by atoms with van der Waals surface area (Å²) in [5, 5.41) is 13.3. The number of ether oxygens (including phenoxy) is 2. The van der Waals surface area contributed by atoms with Crippen LogP contribution < -0.4 is 19.5 Å². The monoisotopic (exact) mass is 409 g/mol. The molecule has 0 saturated carbocycles. The van der Waals surface area contributed by atoms with Gasteiger partial charge in [-0.05, 0) is 24.3 Å². The molecule has 10 nitrogen and oxygen atoms in total. The van der Waals surface area contributed by atoms with E-state index in [0.29, 0.717) is 17.2 Å². The van der Waals surface area contributed by atoms with Crippen molar-refractivity contribution in [2.75, 3.05) is 26.1 Å². The van der Waals surface area contributed by atoms with Gasteiger partial charge in [-0.1, -0.05) is 0 Å². The minimum atomic E-state index is -3.89. The highest BCUT2D eigenvalue weighted by Crippen LogP contribution is 2.28. The van der Waals surface area contributed by atoms with E-state index in [9.17, 15) is 23.3 Å². The van der Waals surface area contributed by atoms with Gasteiger partial charge in [-0.2, -0.15) is 0 Å². The lowest BCUT2D eigenvalue weighted by molar-refractivity contribution is -0.384. The molecular formula is C17H19N3O7S. The van der Waals surface area contributed by atoms with Crippen molar-refractivity contribution in [1.82, 2.24) is 4.72 Å². The highest BCUT2D eigenvalue weighted by atomic mass is 32.2. The lowest BCUT2D eigenvalue weighted by atomic mass is 10.2. The molecule has 0 aliphatic heterocycles. The average Bonchev–Trinajstić information content (AvgIpc) is 2.67. The molecule has 0 spiro atoms. The fraction of sp³-hybridized carbons (Fsp3) is 0.235. The minimum absolute atomic E-state index is 0.132. The largest absolute Gasteiger partial charge is 0.497 e. The van der Waals surface area contributed by atoms with Gasteiger partial charge < -0.3 is 14.8 Å². The van der Waals surface area contributed by atoms with Crippen LogP contribution >= 0.6 is 0 Å². The first kappa shape index (κ1) is 21.1. The summed E-state index contributed by atoms with van der Waals surface area (Å²) in [4.78, 5) is 22.0. The second kappa shape index (κ2) is 9.15. The van der Waals surface area contributed by atoms with E-state index in [0.717, 1.165) is 24.3 Å². The Balaban J connectivity index is 1.95. The number of methoxy groups -OCH3 is 2. The first-order chi connectivity index (χ1) is 13.3. The maximum Gasteiger partial charge on any atom is 0.269 e. The van der Waals surface area contributed by atoms with Crippen LogP contribution in [-0.2, 0) is 14.8 Å². The molecule has 0 unspecified atom stereocenters. The van der Waals surface area contributed by atoms with Crippen LogP contribution in [0.5, 0.6) is 11.5 Å². The number of hydrogen-bond donors (Lipinski definition) is 2. The van der Waals surface area contributed by atoms with Crippen molar-refractivity contribution in [3.05, 3.63) is 52.6 Å². The molecule has 0 saturated heterocycles. The molecule has 2 N–H and O–H groups in total. The Morgan fingerprint density at radius 1 is 1.11 bits per heavy atom. The molecule has 0 radical (unpaired) electrons. The summed E-state index contributed by atoms with van der Waals surface area (Å²) in [7, 11) is -0.951. The molecule has 1 amide bonds. The maximum absolute atomic E-state index is 12.2. The number of benzene rings is 2. The molecule has 28 heavy (non-hydrogen) atoms. The maximum atomic E-state index is 12.2. The summed E-state index contributed by atoms with van der Waals surface area (Å²) in [5.74, 6) is 0.522. The van der Waals surface area contributed by atoms with Gasteiger partial charge in [0.25, 0.3) is 5.69 Å². The van der Waals surface area contributed by atoms with Crippen molar-refractivity contribution >= 4 is 27.3 Å². The molecule has 0 bridgehead atoms. The minimum Gasteiger partial charge on any atom is -0.497 e. The van der Waals surface area contributed by atoms with E-state index in [1.807, 2.05) is 0 Å². The Morgan fingerprint density at radius 2 is 1.79 bits per heavy atom. The first-order valence-corrected chi connectivity index (χ1v) is 9.51. The molecule has 2 aromatic carbocycles. The highest BCUT2D eigenvalue weighted by Gasteiger charge is 2.16. The number of rotatable bonds is 9. The number of nitro benzene ring substituents is 1. The molecule has 0 fully saturated rings. The number of nitrogens with zero attached hydrogens (tertiary/aromatic N) is 1. The Morgan fingerprint density at radius 3 is 2.36 bits per heavy atom. The number of sulfonamides is 1. The molecule has 0 aliphatic rings. The van der Waals surface area contributed by atoms with Crippen molar-refractivity contribution in [3.63, 3.8) is 0 Å². The summed E-state index contributed by atoms with van der Waals surface area (Å²) in [6.45, 7) is -0.155. The van der Waals surface area contributed by atoms with Gasteiger partial charge in [0.15, 0.2) is 0 Å². The molecule has 0 aromatic heterocycles. The predicted octanol–water partition coefficient (Wildman–Crippen LogP) is 1.92. The van der Waals surface area contributed by atoms with Crippen molar-refractivity contribution in [3.8, 4) is 11.5 Å². The van der Waals surface area contributed by atoms with Gasteiger partial charge in [0, 0.05) is 31.2 Å². The van der Waals surface area contributed by atoms with Crippen LogP contribution in [0.4, 0.5) is 11.4 Å². The van der Waals surface area contributed by atoms with E-state index in [4.69, 9.17) is 9.47 Å². The van der Waals surface area contributed by atoms with Crippen molar-refractivity contribution < 1.29 is 27.6 Å². The van der Waals surface area contributed by atoms with Crippen LogP contribution in [-0.4, -0.2) is 40.0 Å². The van der Waals surface area contributed by atoms with Gasteiger partial charge in [-0.25, -0.2) is 13.1 Å². The van der Waals surface area contributed by atoms with E-state index < -0.39 is 20.9 Å². The summed E-state index contributed by atoms with van der Waals surface area (Å²) in [6.07, 6.45) is -0.132. The van der Waals surface area contributed by atoms with Crippen LogP contribution in [0.3, 0.4) is 0 Å². The van der Waals surface area contributed by atoms with Crippen molar-refractivity contribution in [2.45, 2.75) is 11.3 Å². The van der Waals surface area contributed by atoms with E-state index >= 15 is 0 Å². The zero-order chi connectivity index (χ0) is 20.7. The zero-order valence-electron chi connectivity index (χ0n) is 15.2. The quantitative estimate of drug-likeness (QED) is 0.477. The number of nitrogens with one attached hydrogen (secondary N) is 2.